The van der Waals surface area contributed by atoms with Gasteiger partial charge in [0.2, 0.25) is 5.91 Å². The molecule has 0 saturated carbocycles. The molecule has 3 N–H and O–H groups in total. The number of benzene rings is 2. The number of nitrogens with zero attached hydrogens (tertiary/aromatic N) is 3. The summed E-state index contributed by atoms with van der Waals surface area (Å²) in [7, 11) is 0. The van der Waals surface area contributed by atoms with Gasteiger partial charge in [-0.15, -0.1) is 10.2 Å². The number of aryl methyl sites for hydroxylation is 1. The predicted octanol–water partition coefficient (Wildman–Crippen LogP) is 3.50. The maximum absolute atomic E-state index is 12.9. The standard InChI is InChI=1S/C26H31N5O2/c1-17-29-30-25-22(8-5-15-31(17)25)26(33)28-20-11-9-18(10-12-20)16-21-13-14-23(27-21)24(32)19-6-3-2-4-7-19/h2-4,6-7,9-12,21-24,27,32H,5,8,13-16H2,1H3,(H,28,33)/t21-,22+,23+,24+/m0/s1. The molecule has 0 spiro atoms. The summed E-state index contributed by atoms with van der Waals surface area (Å²) < 4.78 is 2.05. The molecule has 2 aromatic carbocycles. The lowest BCUT2D eigenvalue weighted by atomic mass is 9.97. The van der Waals surface area contributed by atoms with Crippen molar-refractivity contribution in [3.8, 4) is 0 Å². The first-order valence-electron chi connectivity index (χ1n) is 11.9. The monoisotopic (exact) mass is 445 g/mol. The molecule has 2 aliphatic heterocycles. The number of aliphatic hydroxyl groups excluding tert-OH is 1. The van der Waals surface area contributed by atoms with Crippen LogP contribution in [0.5, 0.6) is 0 Å². The smallest absolute Gasteiger partial charge is 0.235 e. The van der Waals surface area contributed by atoms with Gasteiger partial charge in [-0.1, -0.05) is 42.5 Å². The molecule has 1 aromatic heterocycles. The first-order chi connectivity index (χ1) is 16.1. The number of nitrogens with one attached hydrogen (secondary N) is 2. The number of aliphatic hydroxyl groups is 1. The van der Waals surface area contributed by atoms with Gasteiger partial charge in [-0.2, -0.15) is 0 Å². The van der Waals surface area contributed by atoms with Crippen molar-refractivity contribution in [2.75, 3.05) is 5.32 Å². The van der Waals surface area contributed by atoms with Gasteiger partial charge in [-0.25, -0.2) is 0 Å². The number of carbonyl (C=O) groups is 1. The Hall–Kier alpha value is -3.03. The van der Waals surface area contributed by atoms with Crippen molar-refractivity contribution in [1.82, 2.24) is 20.1 Å². The summed E-state index contributed by atoms with van der Waals surface area (Å²) >= 11 is 0. The van der Waals surface area contributed by atoms with Crippen molar-refractivity contribution in [3.05, 3.63) is 77.4 Å². The molecule has 0 radical (unpaired) electrons. The van der Waals surface area contributed by atoms with Gasteiger partial charge >= 0.3 is 0 Å². The Morgan fingerprint density at radius 1 is 1.12 bits per heavy atom. The van der Waals surface area contributed by atoms with E-state index in [0.717, 1.165) is 61.5 Å². The van der Waals surface area contributed by atoms with E-state index in [9.17, 15) is 9.90 Å². The first-order valence-corrected chi connectivity index (χ1v) is 11.9. The van der Waals surface area contributed by atoms with Gasteiger partial charge in [-0.3, -0.25) is 4.79 Å². The summed E-state index contributed by atoms with van der Waals surface area (Å²) in [6.07, 6.45) is 4.16. The van der Waals surface area contributed by atoms with Gasteiger partial charge in [0, 0.05) is 24.3 Å². The third-order valence-corrected chi connectivity index (χ3v) is 6.97. The maximum atomic E-state index is 12.9. The molecule has 33 heavy (non-hydrogen) atoms. The molecule has 5 rings (SSSR count). The third kappa shape index (κ3) is 4.70. The van der Waals surface area contributed by atoms with Crippen molar-refractivity contribution in [3.63, 3.8) is 0 Å². The lowest BCUT2D eigenvalue weighted by Crippen LogP contribution is -2.35. The fourth-order valence-corrected chi connectivity index (χ4v) is 5.14. The van der Waals surface area contributed by atoms with Gasteiger partial charge in [-0.05, 0) is 62.3 Å². The van der Waals surface area contributed by atoms with Crippen molar-refractivity contribution in [2.24, 2.45) is 0 Å². The highest BCUT2D eigenvalue weighted by Gasteiger charge is 2.31. The van der Waals surface area contributed by atoms with Crippen LogP contribution >= 0.6 is 0 Å². The Balaban J connectivity index is 1.16. The summed E-state index contributed by atoms with van der Waals surface area (Å²) in [6, 6.07) is 18.4. The van der Waals surface area contributed by atoms with Crippen molar-refractivity contribution in [2.45, 2.75) is 69.7 Å². The highest BCUT2D eigenvalue weighted by Crippen LogP contribution is 2.29. The summed E-state index contributed by atoms with van der Waals surface area (Å²) in [6.45, 7) is 2.81. The van der Waals surface area contributed by atoms with E-state index in [1.807, 2.05) is 54.0 Å². The second-order valence-electron chi connectivity index (χ2n) is 9.25. The van der Waals surface area contributed by atoms with Crippen LogP contribution in [-0.2, 0) is 17.8 Å². The molecule has 7 heteroatoms. The molecule has 3 aromatic rings. The fourth-order valence-electron chi connectivity index (χ4n) is 5.14. The van der Waals surface area contributed by atoms with Crippen LogP contribution < -0.4 is 10.6 Å². The van der Waals surface area contributed by atoms with Crippen LogP contribution in [0.4, 0.5) is 5.69 Å². The Bertz CT molecular complexity index is 1100. The molecule has 3 heterocycles. The van der Waals surface area contributed by atoms with Crippen LogP contribution in [0.15, 0.2) is 54.6 Å². The van der Waals surface area contributed by atoms with Crippen LogP contribution in [-0.4, -0.2) is 37.9 Å². The van der Waals surface area contributed by atoms with Gasteiger partial charge in [0.25, 0.3) is 0 Å². The SMILES string of the molecule is Cc1nnc2n1CCC[C@H]2C(=O)Nc1ccc(C[C@@H]2CC[C@H]([C@H](O)c3ccccc3)N2)cc1. The Labute approximate surface area is 194 Å². The first kappa shape index (κ1) is 21.8. The number of fused-ring (bicyclic) bond motifs is 1. The van der Waals surface area contributed by atoms with E-state index in [1.165, 1.54) is 5.56 Å². The average molecular weight is 446 g/mol. The minimum Gasteiger partial charge on any atom is -0.387 e. The number of anilines is 1. The highest BCUT2D eigenvalue weighted by molar-refractivity contribution is 5.95. The van der Waals surface area contributed by atoms with Crippen LogP contribution in [0.25, 0.3) is 0 Å². The van der Waals surface area contributed by atoms with Crippen molar-refractivity contribution < 1.29 is 9.90 Å². The normalized spacial score (nSPS) is 23.2. The zero-order chi connectivity index (χ0) is 22.8. The van der Waals surface area contributed by atoms with Crippen LogP contribution in [0.2, 0.25) is 0 Å². The van der Waals surface area contributed by atoms with Gasteiger partial charge in [0.05, 0.1) is 12.0 Å². The Kier molecular flexibility index (Phi) is 6.24. The van der Waals surface area contributed by atoms with Crippen molar-refractivity contribution in [1.29, 1.82) is 0 Å². The lowest BCUT2D eigenvalue weighted by molar-refractivity contribution is -0.118. The zero-order valence-electron chi connectivity index (χ0n) is 18.9. The van der Waals surface area contributed by atoms with E-state index < -0.39 is 6.10 Å². The second-order valence-corrected chi connectivity index (χ2v) is 9.25. The predicted molar refractivity (Wildman–Crippen MR) is 127 cm³/mol. The van der Waals surface area contributed by atoms with Gasteiger partial charge < -0.3 is 20.3 Å². The Morgan fingerprint density at radius 3 is 2.70 bits per heavy atom. The molecule has 7 nitrogen and oxygen atoms in total. The minimum absolute atomic E-state index is 0.0219. The molecule has 1 amide bonds. The number of amides is 1. The van der Waals surface area contributed by atoms with Crippen LogP contribution in [0.1, 0.15) is 60.5 Å². The van der Waals surface area contributed by atoms with Gasteiger partial charge in [0.15, 0.2) is 0 Å². The summed E-state index contributed by atoms with van der Waals surface area (Å²) in [5, 5.41) is 25.7. The third-order valence-electron chi connectivity index (χ3n) is 6.97. The van der Waals surface area contributed by atoms with Gasteiger partial charge in [0.1, 0.15) is 11.6 Å². The molecule has 2 aliphatic rings. The molecule has 172 valence electrons. The Morgan fingerprint density at radius 2 is 1.91 bits per heavy atom. The lowest BCUT2D eigenvalue weighted by Gasteiger charge is -2.22. The number of rotatable bonds is 6. The molecule has 4 atom stereocenters. The number of aromatic nitrogens is 3. The molecule has 0 unspecified atom stereocenters. The van der Waals surface area contributed by atoms with Crippen LogP contribution in [0, 0.1) is 6.92 Å². The van der Waals surface area contributed by atoms with E-state index in [0.29, 0.717) is 6.04 Å². The second kappa shape index (κ2) is 9.45. The van der Waals surface area contributed by atoms with Crippen LogP contribution in [0.3, 0.4) is 0 Å². The molecule has 0 aliphatic carbocycles. The van der Waals surface area contributed by atoms with E-state index in [4.69, 9.17) is 0 Å². The summed E-state index contributed by atoms with van der Waals surface area (Å²) in [5.41, 5.74) is 2.98. The quantitative estimate of drug-likeness (QED) is 0.540. The van der Waals surface area contributed by atoms with E-state index >= 15 is 0 Å². The topological polar surface area (TPSA) is 92.1 Å². The number of carbonyl (C=O) groups excluding carboxylic acids is 1. The minimum atomic E-state index is -0.483. The number of hydrogen-bond acceptors (Lipinski definition) is 5. The fraction of sp³-hybridized carbons (Fsp3) is 0.423. The highest BCUT2D eigenvalue weighted by atomic mass is 16.3. The molecule has 1 fully saturated rings. The molecule has 0 bridgehead atoms. The van der Waals surface area contributed by atoms with E-state index in [2.05, 4.69) is 33.0 Å². The number of hydrogen-bond donors (Lipinski definition) is 3. The summed E-state index contributed by atoms with van der Waals surface area (Å²) in [5.74, 6) is 1.36. The molecule has 1 saturated heterocycles. The molecular formula is C26H31N5O2. The van der Waals surface area contributed by atoms with Crippen molar-refractivity contribution >= 4 is 11.6 Å². The largest absolute Gasteiger partial charge is 0.387 e. The average Bonchev–Trinajstić information content (AvgIpc) is 3.47. The van der Waals surface area contributed by atoms with E-state index in [-0.39, 0.29) is 17.9 Å². The molecular weight excluding hydrogens is 414 g/mol. The van der Waals surface area contributed by atoms with E-state index in [1.54, 1.807) is 0 Å². The summed E-state index contributed by atoms with van der Waals surface area (Å²) in [4.78, 5) is 12.9. The maximum Gasteiger partial charge on any atom is 0.235 e. The zero-order valence-corrected chi connectivity index (χ0v) is 18.9.